The molecule has 1 aliphatic heterocycles. The third kappa shape index (κ3) is 2.38. The predicted molar refractivity (Wildman–Crippen MR) is 71.1 cm³/mol. The Kier molecular flexibility index (Phi) is 3.80. The second-order valence-corrected chi connectivity index (χ2v) is 4.45. The summed E-state index contributed by atoms with van der Waals surface area (Å²) in [6.45, 7) is 1.80. The van der Waals surface area contributed by atoms with Crippen molar-refractivity contribution in [2.45, 2.75) is 13.3 Å². The van der Waals surface area contributed by atoms with E-state index in [0.29, 0.717) is 11.3 Å². The van der Waals surface area contributed by atoms with Gasteiger partial charge in [0, 0.05) is 6.54 Å². The smallest absolute Gasteiger partial charge is 0.299 e. The van der Waals surface area contributed by atoms with E-state index in [-0.39, 0.29) is 19.5 Å². The third-order valence-electron chi connectivity index (χ3n) is 3.05. The van der Waals surface area contributed by atoms with Gasteiger partial charge in [-0.25, -0.2) is 0 Å². The highest BCUT2D eigenvalue weighted by Gasteiger charge is 2.37. The van der Waals surface area contributed by atoms with Gasteiger partial charge in [-0.3, -0.25) is 19.3 Å². The van der Waals surface area contributed by atoms with E-state index in [1.165, 1.54) is 4.90 Å². The summed E-state index contributed by atoms with van der Waals surface area (Å²) in [6.07, 6.45) is 0.203. The molecule has 0 unspecified atom stereocenters. The number of Topliss-reactive ketones (excluding diaryl/α,β-unsaturated/α-hetero) is 1. The number of rotatable bonds is 4. The number of ketones is 1. The van der Waals surface area contributed by atoms with Crippen LogP contribution in [0.2, 0.25) is 0 Å². The molecule has 0 bridgehead atoms. The van der Waals surface area contributed by atoms with Crippen molar-refractivity contribution in [3.05, 3.63) is 29.3 Å². The van der Waals surface area contributed by atoms with Gasteiger partial charge in [-0.2, -0.15) is 5.26 Å². The van der Waals surface area contributed by atoms with Crippen LogP contribution >= 0.6 is 0 Å². The van der Waals surface area contributed by atoms with Crippen molar-refractivity contribution in [1.29, 1.82) is 5.26 Å². The number of para-hydroxylation sites is 1. The van der Waals surface area contributed by atoms with E-state index in [1.54, 1.807) is 25.1 Å². The number of carbonyl (C=O) groups is 3. The zero-order chi connectivity index (χ0) is 14.7. The molecule has 102 valence electrons. The molecule has 1 N–H and O–H groups in total. The van der Waals surface area contributed by atoms with Crippen LogP contribution in [-0.4, -0.2) is 30.7 Å². The summed E-state index contributed by atoms with van der Waals surface area (Å²) < 4.78 is 0. The molecule has 6 heteroatoms. The average molecular weight is 271 g/mol. The van der Waals surface area contributed by atoms with Gasteiger partial charge >= 0.3 is 0 Å². The minimum atomic E-state index is -0.690. The number of nitrogens with one attached hydrogen (secondary N) is 1. The Balaban J connectivity index is 2.18. The van der Waals surface area contributed by atoms with Crippen molar-refractivity contribution in [3.8, 4) is 6.07 Å². The molecule has 0 saturated heterocycles. The van der Waals surface area contributed by atoms with Crippen LogP contribution in [0.15, 0.2) is 18.2 Å². The van der Waals surface area contributed by atoms with E-state index in [1.807, 2.05) is 6.07 Å². The van der Waals surface area contributed by atoms with E-state index in [9.17, 15) is 14.4 Å². The van der Waals surface area contributed by atoms with Gasteiger partial charge in [-0.1, -0.05) is 12.1 Å². The summed E-state index contributed by atoms with van der Waals surface area (Å²) in [7, 11) is 0. The van der Waals surface area contributed by atoms with Crippen molar-refractivity contribution >= 4 is 23.3 Å². The predicted octanol–water partition coefficient (Wildman–Crippen LogP) is 0.554. The van der Waals surface area contributed by atoms with Crippen molar-refractivity contribution in [1.82, 2.24) is 5.32 Å². The Labute approximate surface area is 116 Å². The van der Waals surface area contributed by atoms with Crippen LogP contribution in [-0.2, 0) is 9.59 Å². The number of fused-ring (bicyclic) bond motifs is 1. The Bertz CT molecular complexity index is 631. The standard InChI is InChI=1S/C14H13N3O3/c1-9-4-2-5-10-12(9)17(14(20)13(10)19)8-11(18)16-7-3-6-15/h2,4-5H,3,7-8H2,1H3,(H,16,18). The Morgan fingerprint density at radius 3 is 2.85 bits per heavy atom. The lowest BCUT2D eigenvalue weighted by atomic mass is 10.1. The number of carbonyl (C=O) groups excluding carboxylic acids is 3. The SMILES string of the molecule is Cc1cccc2c1N(CC(=O)NCCC#N)C(=O)C2=O. The summed E-state index contributed by atoms with van der Waals surface area (Å²) in [6, 6.07) is 6.97. The molecule has 0 atom stereocenters. The minimum absolute atomic E-state index is 0.203. The lowest BCUT2D eigenvalue weighted by molar-refractivity contribution is -0.122. The van der Waals surface area contributed by atoms with Gasteiger partial charge in [-0.15, -0.1) is 0 Å². The van der Waals surface area contributed by atoms with Crippen molar-refractivity contribution in [3.63, 3.8) is 0 Å². The monoisotopic (exact) mass is 271 g/mol. The number of hydrogen-bond donors (Lipinski definition) is 1. The fourth-order valence-electron chi connectivity index (χ4n) is 2.15. The van der Waals surface area contributed by atoms with Gasteiger partial charge in [0.15, 0.2) is 0 Å². The number of hydrogen-bond acceptors (Lipinski definition) is 4. The Hall–Kier alpha value is -2.68. The molecular formula is C14H13N3O3. The summed E-state index contributed by atoms with van der Waals surface area (Å²) in [5, 5.41) is 10.9. The van der Waals surface area contributed by atoms with Gasteiger partial charge < -0.3 is 5.32 Å². The molecule has 6 nitrogen and oxygen atoms in total. The Morgan fingerprint density at radius 1 is 1.40 bits per heavy atom. The van der Waals surface area contributed by atoms with Crippen molar-refractivity contribution in [2.75, 3.05) is 18.0 Å². The molecule has 1 aliphatic rings. The second kappa shape index (κ2) is 5.53. The van der Waals surface area contributed by atoms with Gasteiger partial charge in [0.2, 0.25) is 5.91 Å². The quantitative estimate of drug-likeness (QED) is 0.639. The lowest BCUT2D eigenvalue weighted by Crippen LogP contribution is -2.40. The number of nitrogens with zero attached hydrogens (tertiary/aromatic N) is 2. The van der Waals surface area contributed by atoms with E-state index in [4.69, 9.17) is 5.26 Å². The molecule has 2 rings (SSSR count). The number of amides is 2. The summed E-state index contributed by atoms with van der Waals surface area (Å²) in [4.78, 5) is 36.7. The fraction of sp³-hybridized carbons (Fsp3) is 0.286. The first-order valence-electron chi connectivity index (χ1n) is 6.15. The molecule has 20 heavy (non-hydrogen) atoms. The minimum Gasteiger partial charge on any atom is -0.354 e. The normalized spacial score (nSPS) is 13.1. The molecule has 0 saturated carbocycles. The molecule has 1 aromatic carbocycles. The van der Waals surface area contributed by atoms with Crippen LogP contribution in [0.3, 0.4) is 0 Å². The molecule has 0 spiro atoms. The zero-order valence-corrected chi connectivity index (χ0v) is 11.0. The molecule has 2 amide bonds. The fourth-order valence-corrected chi connectivity index (χ4v) is 2.15. The molecule has 0 aliphatic carbocycles. The molecule has 0 radical (unpaired) electrons. The molecule has 0 aromatic heterocycles. The largest absolute Gasteiger partial charge is 0.354 e. The van der Waals surface area contributed by atoms with Gasteiger partial charge in [0.25, 0.3) is 11.7 Å². The molecular weight excluding hydrogens is 258 g/mol. The average Bonchev–Trinajstić information content (AvgIpc) is 2.66. The highest BCUT2D eigenvalue weighted by atomic mass is 16.2. The van der Waals surface area contributed by atoms with Crippen LogP contribution in [0.1, 0.15) is 22.3 Å². The highest BCUT2D eigenvalue weighted by Crippen LogP contribution is 2.31. The maximum Gasteiger partial charge on any atom is 0.299 e. The van der Waals surface area contributed by atoms with Crippen molar-refractivity contribution in [2.24, 2.45) is 0 Å². The van der Waals surface area contributed by atoms with Crippen LogP contribution < -0.4 is 10.2 Å². The molecule has 0 fully saturated rings. The molecule has 1 heterocycles. The van der Waals surface area contributed by atoms with E-state index >= 15 is 0 Å². The molecule has 1 aromatic rings. The topological polar surface area (TPSA) is 90.3 Å². The van der Waals surface area contributed by atoms with Gasteiger partial charge in [0.1, 0.15) is 6.54 Å². The second-order valence-electron chi connectivity index (χ2n) is 4.45. The zero-order valence-electron chi connectivity index (χ0n) is 11.0. The summed E-state index contributed by atoms with van der Waals surface area (Å²) >= 11 is 0. The maximum atomic E-state index is 11.9. The Morgan fingerprint density at radius 2 is 2.15 bits per heavy atom. The van der Waals surface area contributed by atoms with Crippen LogP contribution in [0.5, 0.6) is 0 Å². The van der Waals surface area contributed by atoms with Crippen LogP contribution in [0, 0.1) is 18.3 Å². The van der Waals surface area contributed by atoms with Crippen molar-refractivity contribution < 1.29 is 14.4 Å². The number of benzene rings is 1. The van der Waals surface area contributed by atoms with E-state index in [2.05, 4.69) is 5.32 Å². The van der Waals surface area contributed by atoms with E-state index < -0.39 is 17.6 Å². The summed E-state index contributed by atoms with van der Waals surface area (Å²) in [5.41, 5.74) is 1.60. The van der Waals surface area contributed by atoms with Crippen LogP contribution in [0.25, 0.3) is 0 Å². The number of anilines is 1. The number of nitriles is 1. The lowest BCUT2D eigenvalue weighted by Gasteiger charge is -2.17. The van der Waals surface area contributed by atoms with E-state index in [0.717, 1.165) is 5.56 Å². The van der Waals surface area contributed by atoms with Gasteiger partial charge in [0.05, 0.1) is 23.7 Å². The summed E-state index contributed by atoms with van der Waals surface area (Å²) in [5.74, 6) is -1.67. The number of aryl methyl sites for hydroxylation is 1. The first-order valence-corrected chi connectivity index (χ1v) is 6.15. The first-order chi connectivity index (χ1) is 9.56. The first kappa shape index (κ1) is 13.7. The third-order valence-corrected chi connectivity index (χ3v) is 3.05. The highest BCUT2D eigenvalue weighted by molar-refractivity contribution is 6.52. The maximum absolute atomic E-state index is 11.9. The van der Waals surface area contributed by atoms with Crippen LogP contribution in [0.4, 0.5) is 5.69 Å². The van der Waals surface area contributed by atoms with Gasteiger partial charge in [-0.05, 0) is 18.6 Å².